The molecule has 0 aliphatic heterocycles. The summed E-state index contributed by atoms with van der Waals surface area (Å²) < 4.78 is 5.90. The van der Waals surface area contributed by atoms with Crippen molar-refractivity contribution in [2.75, 3.05) is 0 Å². The molecule has 0 amide bonds. The summed E-state index contributed by atoms with van der Waals surface area (Å²) in [6, 6.07) is 0. The van der Waals surface area contributed by atoms with Gasteiger partial charge in [-0.3, -0.25) is 14.4 Å². The molecule has 29 heavy (non-hydrogen) atoms. The van der Waals surface area contributed by atoms with Crippen molar-refractivity contribution in [3.05, 3.63) is 22.8 Å². The van der Waals surface area contributed by atoms with E-state index in [1.54, 1.807) is 13.0 Å². The standard InChI is InChI=1S/C24H31ClO4/c1-13-10-19-17-12-21(25)20-11-16(28)6-8-22(20,4)18(17)7-9-23(19,5)24(13,14(2)26)29-15(3)27/h11-13,17-19H,6-10H2,1-5H3/t13-,17-,18+,19+,22-,23+,24+/m1/s1. The predicted octanol–water partition coefficient (Wildman–Crippen LogP) is 5.00. The summed E-state index contributed by atoms with van der Waals surface area (Å²) >= 11 is 6.74. The third kappa shape index (κ3) is 2.60. The Morgan fingerprint density at radius 3 is 2.48 bits per heavy atom. The smallest absolute Gasteiger partial charge is 0.303 e. The molecule has 0 unspecified atom stereocenters. The Hall–Kier alpha value is -1.42. The molecule has 4 aliphatic rings. The zero-order valence-corrected chi connectivity index (χ0v) is 18.8. The normalized spacial score (nSPS) is 46.1. The van der Waals surface area contributed by atoms with Crippen LogP contribution in [0.2, 0.25) is 0 Å². The number of carbonyl (C=O) groups is 3. The summed E-state index contributed by atoms with van der Waals surface area (Å²) in [5.41, 5.74) is -0.614. The first-order valence-corrected chi connectivity index (χ1v) is 11.2. The van der Waals surface area contributed by atoms with Crippen LogP contribution in [0.1, 0.15) is 66.7 Å². The molecule has 4 aliphatic carbocycles. The van der Waals surface area contributed by atoms with Gasteiger partial charge in [-0.1, -0.05) is 38.4 Å². The number of Topliss-reactive ketones (excluding diaryl/α,β-unsaturated/α-hetero) is 1. The first-order valence-electron chi connectivity index (χ1n) is 10.8. The first kappa shape index (κ1) is 20.8. The Labute approximate surface area is 178 Å². The summed E-state index contributed by atoms with van der Waals surface area (Å²) in [7, 11) is 0. The van der Waals surface area contributed by atoms with Gasteiger partial charge >= 0.3 is 5.97 Å². The van der Waals surface area contributed by atoms with E-state index in [0.29, 0.717) is 17.4 Å². The maximum atomic E-state index is 13.0. The van der Waals surface area contributed by atoms with Crippen LogP contribution in [0, 0.1) is 34.5 Å². The van der Waals surface area contributed by atoms with E-state index in [1.165, 1.54) is 6.92 Å². The van der Waals surface area contributed by atoms with Crippen LogP contribution in [0.15, 0.2) is 22.8 Å². The van der Waals surface area contributed by atoms with Crippen molar-refractivity contribution in [1.29, 1.82) is 0 Å². The molecule has 0 N–H and O–H groups in total. The van der Waals surface area contributed by atoms with E-state index in [9.17, 15) is 14.4 Å². The molecule has 0 radical (unpaired) electrons. The van der Waals surface area contributed by atoms with E-state index < -0.39 is 17.0 Å². The van der Waals surface area contributed by atoms with E-state index >= 15 is 0 Å². The van der Waals surface area contributed by atoms with Crippen LogP contribution in [-0.2, 0) is 19.1 Å². The fourth-order valence-corrected chi connectivity index (χ4v) is 8.08. The first-order chi connectivity index (χ1) is 13.5. The number of hydrogen-bond donors (Lipinski definition) is 0. The van der Waals surface area contributed by atoms with Gasteiger partial charge in [0.2, 0.25) is 0 Å². The Morgan fingerprint density at radius 1 is 1.17 bits per heavy atom. The summed E-state index contributed by atoms with van der Waals surface area (Å²) in [6.07, 6.45) is 7.88. The molecule has 4 nitrogen and oxygen atoms in total. The minimum Gasteiger partial charge on any atom is -0.450 e. The van der Waals surface area contributed by atoms with E-state index in [2.05, 4.69) is 19.9 Å². The molecule has 7 atom stereocenters. The van der Waals surface area contributed by atoms with Crippen LogP contribution in [0.5, 0.6) is 0 Å². The molecule has 0 aromatic heterocycles. The van der Waals surface area contributed by atoms with Crippen molar-refractivity contribution in [2.45, 2.75) is 72.3 Å². The molecule has 2 saturated carbocycles. The Kier molecular flexibility index (Phi) is 4.70. The zero-order valence-electron chi connectivity index (χ0n) is 18.0. The highest BCUT2D eigenvalue weighted by Crippen LogP contribution is 2.69. The maximum absolute atomic E-state index is 13.0. The molecular weight excluding hydrogens is 388 g/mol. The fraction of sp³-hybridized carbons (Fsp3) is 0.708. The van der Waals surface area contributed by atoms with Gasteiger partial charge in [0, 0.05) is 29.7 Å². The van der Waals surface area contributed by atoms with E-state index in [1.807, 2.05) is 6.92 Å². The lowest BCUT2D eigenvalue weighted by Crippen LogP contribution is -2.59. The summed E-state index contributed by atoms with van der Waals surface area (Å²) in [5, 5.41) is 0.687. The number of halogens is 1. The lowest BCUT2D eigenvalue weighted by atomic mass is 9.48. The van der Waals surface area contributed by atoms with Gasteiger partial charge in [-0.25, -0.2) is 0 Å². The average molecular weight is 419 g/mol. The fourth-order valence-electron chi connectivity index (χ4n) is 7.67. The van der Waals surface area contributed by atoms with E-state index in [4.69, 9.17) is 16.3 Å². The number of ether oxygens (including phenoxy) is 1. The van der Waals surface area contributed by atoms with Gasteiger partial charge in [0.15, 0.2) is 17.2 Å². The topological polar surface area (TPSA) is 60.4 Å². The van der Waals surface area contributed by atoms with Crippen LogP contribution >= 0.6 is 11.6 Å². The number of hydrogen-bond acceptors (Lipinski definition) is 4. The quantitative estimate of drug-likeness (QED) is 0.592. The van der Waals surface area contributed by atoms with Crippen molar-refractivity contribution in [1.82, 2.24) is 0 Å². The molecule has 4 rings (SSSR count). The Bertz CT molecular complexity index is 857. The molecule has 0 aromatic rings. The van der Waals surface area contributed by atoms with Crippen LogP contribution in [-0.4, -0.2) is 23.1 Å². The van der Waals surface area contributed by atoms with Gasteiger partial charge in [-0.15, -0.1) is 0 Å². The largest absolute Gasteiger partial charge is 0.450 e. The minimum atomic E-state index is -1.08. The molecule has 5 heteroatoms. The number of ketones is 2. The highest BCUT2D eigenvalue weighted by Gasteiger charge is 2.70. The third-order valence-electron chi connectivity index (χ3n) is 8.93. The summed E-state index contributed by atoms with van der Waals surface area (Å²) in [6.45, 7) is 9.40. The Balaban J connectivity index is 1.83. The van der Waals surface area contributed by atoms with Crippen molar-refractivity contribution < 1.29 is 19.1 Å². The number of rotatable bonds is 2. The molecule has 158 valence electrons. The average Bonchev–Trinajstić information content (AvgIpc) is 2.85. The molecule has 0 spiro atoms. The summed E-state index contributed by atoms with van der Waals surface area (Å²) in [4.78, 5) is 37.0. The van der Waals surface area contributed by atoms with Crippen molar-refractivity contribution in [2.24, 2.45) is 34.5 Å². The Morgan fingerprint density at radius 2 is 1.86 bits per heavy atom. The second kappa shape index (κ2) is 6.54. The lowest BCUT2D eigenvalue weighted by Gasteiger charge is -2.57. The summed E-state index contributed by atoms with van der Waals surface area (Å²) in [5.74, 6) is 0.487. The number of allylic oxidation sites excluding steroid dienone is 4. The zero-order chi connectivity index (χ0) is 21.4. The SMILES string of the molecule is CC(=O)O[C@]1(C(C)=O)[C@H](C)C[C@H]2[C@@H]3C=C(Cl)C4=CC(=O)CC[C@]4(C)[C@H]3CC[C@@]21C. The molecular formula is C24H31ClO4. The van der Waals surface area contributed by atoms with Gasteiger partial charge in [0.1, 0.15) is 0 Å². The second-order valence-electron chi connectivity index (χ2n) is 10.2. The van der Waals surface area contributed by atoms with Crippen LogP contribution in [0.3, 0.4) is 0 Å². The minimum absolute atomic E-state index is 0.0393. The highest BCUT2D eigenvalue weighted by atomic mass is 35.5. The molecule has 2 fully saturated rings. The van der Waals surface area contributed by atoms with Gasteiger partial charge in [-0.05, 0) is 67.4 Å². The number of fused-ring (bicyclic) bond motifs is 5. The van der Waals surface area contributed by atoms with E-state index in [0.717, 1.165) is 31.3 Å². The van der Waals surface area contributed by atoms with Gasteiger partial charge in [0.05, 0.1) is 0 Å². The molecule has 0 saturated heterocycles. The van der Waals surface area contributed by atoms with Crippen LogP contribution < -0.4 is 0 Å². The maximum Gasteiger partial charge on any atom is 0.303 e. The van der Waals surface area contributed by atoms with Crippen molar-refractivity contribution in [3.8, 4) is 0 Å². The van der Waals surface area contributed by atoms with Crippen molar-refractivity contribution in [3.63, 3.8) is 0 Å². The third-order valence-corrected chi connectivity index (χ3v) is 9.26. The lowest BCUT2D eigenvalue weighted by molar-refractivity contribution is -0.190. The van der Waals surface area contributed by atoms with Gasteiger partial charge in [0.25, 0.3) is 0 Å². The molecule has 0 aromatic carbocycles. The van der Waals surface area contributed by atoms with Crippen molar-refractivity contribution >= 4 is 29.1 Å². The molecule has 0 bridgehead atoms. The predicted molar refractivity (Wildman–Crippen MR) is 111 cm³/mol. The second-order valence-corrected chi connectivity index (χ2v) is 10.6. The van der Waals surface area contributed by atoms with Crippen LogP contribution in [0.25, 0.3) is 0 Å². The van der Waals surface area contributed by atoms with Gasteiger partial charge in [-0.2, -0.15) is 0 Å². The van der Waals surface area contributed by atoms with E-state index in [-0.39, 0.29) is 34.7 Å². The number of carbonyl (C=O) groups excluding carboxylic acids is 3. The highest BCUT2D eigenvalue weighted by molar-refractivity contribution is 6.32. The number of esters is 1. The van der Waals surface area contributed by atoms with Crippen LogP contribution in [0.4, 0.5) is 0 Å². The monoisotopic (exact) mass is 418 g/mol. The molecule has 0 heterocycles. The van der Waals surface area contributed by atoms with Gasteiger partial charge < -0.3 is 4.74 Å².